The zero-order valence-electron chi connectivity index (χ0n) is 7.24. The molecular weight excluding hydrogens is 216 g/mol. The second-order valence-electron chi connectivity index (χ2n) is 2.85. The van der Waals surface area contributed by atoms with Crippen LogP contribution >= 0.6 is 22.9 Å². The first-order chi connectivity index (χ1) is 6.77. The van der Waals surface area contributed by atoms with Gasteiger partial charge in [0.05, 0.1) is 0 Å². The van der Waals surface area contributed by atoms with Crippen LogP contribution in [0.4, 0.5) is 0 Å². The van der Waals surface area contributed by atoms with Crippen molar-refractivity contribution in [2.24, 2.45) is 0 Å². The van der Waals surface area contributed by atoms with E-state index in [9.17, 15) is 4.79 Å². The minimum absolute atomic E-state index is 0.0444. The Morgan fingerprint density at radius 1 is 1.07 bits per heavy atom. The normalized spacial score (nSPS) is 10.1. The lowest BCUT2D eigenvalue weighted by atomic mass is 10.1. The van der Waals surface area contributed by atoms with Crippen molar-refractivity contribution < 1.29 is 4.79 Å². The van der Waals surface area contributed by atoms with E-state index in [0.29, 0.717) is 10.6 Å². The highest BCUT2D eigenvalue weighted by Crippen LogP contribution is 2.15. The van der Waals surface area contributed by atoms with Gasteiger partial charge in [-0.3, -0.25) is 4.79 Å². The Bertz CT molecular complexity index is 431. The third-order valence-electron chi connectivity index (χ3n) is 1.89. The number of hydrogen-bond donors (Lipinski definition) is 0. The van der Waals surface area contributed by atoms with Crippen LogP contribution in [-0.4, -0.2) is 5.78 Å². The SMILES string of the molecule is O=C(c1ccc(Cl)cc1)c1ccsc1. The number of rotatable bonds is 2. The highest BCUT2D eigenvalue weighted by Gasteiger charge is 2.08. The topological polar surface area (TPSA) is 17.1 Å². The van der Waals surface area contributed by atoms with E-state index in [2.05, 4.69) is 0 Å². The second kappa shape index (κ2) is 3.95. The van der Waals surface area contributed by atoms with Crippen LogP contribution in [0.15, 0.2) is 41.1 Å². The zero-order valence-corrected chi connectivity index (χ0v) is 8.81. The lowest BCUT2D eigenvalue weighted by Crippen LogP contribution is -1.98. The first kappa shape index (κ1) is 9.44. The van der Waals surface area contributed by atoms with E-state index in [1.54, 1.807) is 24.3 Å². The van der Waals surface area contributed by atoms with Crippen molar-refractivity contribution in [3.63, 3.8) is 0 Å². The van der Waals surface area contributed by atoms with Crippen LogP contribution in [-0.2, 0) is 0 Å². The maximum absolute atomic E-state index is 11.8. The monoisotopic (exact) mass is 222 g/mol. The number of halogens is 1. The number of carbonyl (C=O) groups is 1. The van der Waals surface area contributed by atoms with Crippen molar-refractivity contribution in [2.75, 3.05) is 0 Å². The van der Waals surface area contributed by atoms with Crippen molar-refractivity contribution in [1.29, 1.82) is 0 Å². The van der Waals surface area contributed by atoms with Gasteiger partial charge in [0, 0.05) is 21.5 Å². The van der Waals surface area contributed by atoms with Crippen LogP contribution in [0.1, 0.15) is 15.9 Å². The van der Waals surface area contributed by atoms with Crippen LogP contribution in [0.25, 0.3) is 0 Å². The Labute approximate surface area is 91.0 Å². The summed E-state index contributed by atoms with van der Waals surface area (Å²) in [5.74, 6) is 0.0444. The minimum Gasteiger partial charge on any atom is -0.289 e. The van der Waals surface area contributed by atoms with Crippen molar-refractivity contribution >= 4 is 28.7 Å². The molecule has 0 bridgehead atoms. The fraction of sp³-hybridized carbons (Fsp3) is 0. The van der Waals surface area contributed by atoms with E-state index in [1.165, 1.54) is 11.3 Å². The summed E-state index contributed by atoms with van der Waals surface area (Å²) in [4.78, 5) is 11.8. The molecule has 0 N–H and O–H groups in total. The van der Waals surface area contributed by atoms with Gasteiger partial charge in [-0.05, 0) is 35.7 Å². The molecule has 0 saturated heterocycles. The van der Waals surface area contributed by atoms with E-state index in [0.717, 1.165) is 5.56 Å². The van der Waals surface area contributed by atoms with Crippen molar-refractivity contribution in [3.8, 4) is 0 Å². The predicted octanol–water partition coefficient (Wildman–Crippen LogP) is 3.63. The first-order valence-corrected chi connectivity index (χ1v) is 5.42. The predicted molar refractivity (Wildman–Crippen MR) is 59.2 cm³/mol. The lowest BCUT2D eigenvalue weighted by molar-refractivity contribution is 0.103. The molecule has 14 heavy (non-hydrogen) atoms. The molecule has 0 radical (unpaired) electrons. The number of thiophene rings is 1. The van der Waals surface area contributed by atoms with Gasteiger partial charge in [0.1, 0.15) is 0 Å². The smallest absolute Gasteiger partial charge is 0.193 e. The Balaban J connectivity index is 2.33. The third-order valence-corrected chi connectivity index (χ3v) is 2.82. The molecule has 0 aliphatic carbocycles. The Morgan fingerprint density at radius 2 is 1.79 bits per heavy atom. The molecule has 1 aromatic carbocycles. The molecule has 2 rings (SSSR count). The molecule has 0 atom stereocenters. The maximum atomic E-state index is 11.8. The summed E-state index contributed by atoms with van der Waals surface area (Å²) in [5, 5.41) is 4.38. The molecule has 1 heterocycles. The van der Waals surface area contributed by atoms with Gasteiger partial charge in [-0.2, -0.15) is 11.3 Å². The van der Waals surface area contributed by atoms with E-state index in [-0.39, 0.29) is 5.78 Å². The third kappa shape index (κ3) is 1.86. The highest BCUT2D eigenvalue weighted by molar-refractivity contribution is 7.08. The van der Waals surface area contributed by atoms with Crippen molar-refractivity contribution in [3.05, 3.63) is 57.2 Å². The number of ketones is 1. The zero-order chi connectivity index (χ0) is 9.97. The molecule has 70 valence electrons. The van der Waals surface area contributed by atoms with Gasteiger partial charge >= 0.3 is 0 Å². The first-order valence-electron chi connectivity index (χ1n) is 4.10. The quantitative estimate of drug-likeness (QED) is 0.710. The van der Waals surface area contributed by atoms with Crippen LogP contribution in [0.3, 0.4) is 0 Å². The molecule has 0 amide bonds. The minimum atomic E-state index is 0.0444. The molecule has 3 heteroatoms. The van der Waals surface area contributed by atoms with Gasteiger partial charge in [-0.1, -0.05) is 11.6 Å². The van der Waals surface area contributed by atoms with E-state index in [1.807, 2.05) is 16.8 Å². The highest BCUT2D eigenvalue weighted by atomic mass is 35.5. The summed E-state index contributed by atoms with van der Waals surface area (Å²) in [7, 11) is 0. The number of carbonyl (C=O) groups excluding carboxylic acids is 1. The summed E-state index contributed by atoms with van der Waals surface area (Å²) >= 11 is 7.25. The summed E-state index contributed by atoms with van der Waals surface area (Å²) < 4.78 is 0. The van der Waals surface area contributed by atoms with E-state index in [4.69, 9.17) is 11.6 Å². The Kier molecular flexibility index (Phi) is 2.66. The summed E-state index contributed by atoms with van der Waals surface area (Å²) in [6.07, 6.45) is 0. The van der Waals surface area contributed by atoms with Crippen LogP contribution in [0.5, 0.6) is 0 Å². The summed E-state index contributed by atoms with van der Waals surface area (Å²) in [5.41, 5.74) is 1.41. The van der Waals surface area contributed by atoms with Gasteiger partial charge in [-0.15, -0.1) is 0 Å². The fourth-order valence-electron chi connectivity index (χ4n) is 1.16. The molecule has 0 aliphatic rings. The van der Waals surface area contributed by atoms with Gasteiger partial charge in [-0.25, -0.2) is 0 Å². The average Bonchev–Trinajstić information content (AvgIpc) is 2.71. The van der Waals surface area contributed by atoms with Gasteiger partial charge < -0.3 is 0 Å². The number of hydrogen-bond acceptors (Lipinski definition) is 2. The lowest BCUT2D eigenvalue weighted by Gasteiger charge is -1.97. The summed E-state index contributed by atoms with van der Waals surface area (Å²) in [6, 6.07) is 8.74. The molecule has 1 aromatic heterocycles. The molecule has 2 aromatic rings. The molecule has 0 fully saturated rings. The fourth-order valence-corrected chi connectivity index (χ4v) is 1.92. The van der Waals surface area contributed by atoms with Crippen LogP contribution in [0.2, 0.25) is 5.02 Å². The van der Waals surface area contributed by atoms with Gasteiger partial charge in [0.2, 0.25) is 0 Å². The maximum Gasteiger partial charge on any atom is 0.193 e. The number of benzene rings is 1. The molecule has 0 aliphatic heterocycles. The van der Waals surface area contributed by atoms with E-state index < -0.39 is 0 Å². The average molecular weight is 223 g/mol. The largest absolute Gasteiger partial charge is 0.289 e. The molecule has 1 nitrogen and oxygen atoms in total. The molecule has 0 unspecified atom stereocenters. The Hall–Kier alpha value is -1.12. The van der Waals surface area contributed by atoms with Crippen LogP contribution < -0.4 is 0 Å². The standard InChI is InChI=1S/C11H7ClOS/c12-10-3-1-8(2-4-10)11(13)9-5-6-14-7-9/h1-7H. The summed E-state index contributed by atoms with van der Waals surface area (Å²) in [6.45, 7) is 0. The van der Waals surface area contributed by atoms with Crippen molar-refractivity contribution in [2.45, 2.75) is 0 Å². The molecule has 0 saturated carbocycles. The van der Waals surface area contributed by atoms with Gasteiger partial charge in [0.15, 0.2) is 5.78 Å². The second-order valence-corrected chi connectivity index (χ2v) is 4.06. The van der Waals surface area contributed by atoms with Crippen molar-refractivity contribution in [1.82, 2.24) is 0 Å². The Morgan fingerprint density at radius 3 is 2.36 bits per heavy atom. The van der Waals surface area contributed by atoms with Crippen LogP contribution in [0, 0.1) is 0 Å². The molecular formula is C11H7ClOS. The van der Waals surface area contributed by atoms with Gasteiger partial charge in [0.25, 0.3) is 0 Å². The van der Waals surface area contributed by atoms with E-state index >= 15 is 0 Å². The molecule has 0 spiro atoms.